The molecule has 1 fully saturated rings. The van der Waals surface area contributed by atoms with Crippen LogP contribution in [0.25, 0.3) is 0 Å². The van der Waals surface area contributed by atoms with Gasteiger partial charge in [-0.2, -0.15) is 0 Å². The second-order valence-electron chi connectivity index (χ2n) is 4.91. The molecule has 0 aliphatic heterocycles. The quantitative estimate of drug-likeness (QED) is 0.523. The molecular weight excluding hydrogens is 296 g/mol. The van der Waals surface area contributed by atoms with Gasteiger partial charge in [0.15, 0.2) is 0 Å². The number of sulfonamides is 1. The van der Waals surface area contributed by atoms with Crippen molar-refractivity contribution in [3.8, 4) is 0 Å². The summed E-state index contributed by atoms with van der Waals surface area (Å²) in [6.45, 7) is -0.0174. The third kappa shape index (κ3) is 4.16. The molecule has 1 aliphatic carbocycles. The number of anilines is 1. The Morgan fingerprint density at radius 1 is 1.33 bits per heavy atom. The fourth-order valence-corrected chi connectivity index (χ4v) is 2.91. The van der Waals surface area contributed by atoms with E-state index in [-0.39, 0.29) is 29.7 Å². The van der Waals surface area contributed by atoms with E-state index in [0.717, 1.165) is 18.9 Å². The molecule has 1 aliphatic rings. The number of hydrogen-bond acceptors (Lipinski definition) is 5. The number of carbonyl (C=O) groups is 1. The van der Waals surface area contributed by atoms with E-state index >= 15 is 0 Å². The Morgan fingerprint density at radius 3 is 2.62 bits per heavy atom. The Kier molecular flexibility index (Phi) is 4.81. The Balaban J connectivity index is 2.23. The Labute approximate surface area is 123 Å². The minimum absolute atomic E-state index is 0.0630. The van der Waals surface area contributed by atoms with Gasteiger partial charge in [0.25, 0.3) is 0 Å². The Morgan fingerprint density at radius 2 is 2.05 bits per heavy atom. The highest BCUT2D eigenvalue weighted by Crippen LogP contribution is 2.28. The summed E-state index contributed by atoms with van der Waals surface area (Å²) in [5.41, 5.74) is 0.367. The Hall–Kier alpha value is -1.64. The average molecular weight is 314 g/mol. The summed E-state index contributed by atoms with van der Waals surface area (Å²) in [5.74, 6) is -1.18. The first kappa shape index (κ1) is 15.7. The lowest BCUT2D eigenvalue weighted by Gasteiger charge is -2.11. The monoisotopic (exact) mass is 314 g/mol. The fraction of sp³-hybridized carbons (Fsp3) is 0.462. The van der Waals surface area contributed by atoms with E-state index in [1.54, 1.807) is 0 Å². The van der Waals surface area contributed by atoms with Crippen LogP contribution >= 0.6 is 0 Å². The fourth-order valence-electron chi connectivity index (χ4n) is 1.81. The molecule has 0 spiro atoms. The standard InChI is InChI=1S/C13H18N2O5S/c16-7-1-6-14-21(19,20)10-4-5-12(15-9-2-3-9)11(8-10)13(17)18/h4-5,8-9,14-16H,1-3,6-7H2,(H,17,18). The molecule has 0 aromatic heterocycles. The first-order valence-corrected chi connectivity index (χ1v) is 8.17. The van der Waals surface area contributed by atoms with E-state index in [0.29, 0.717) is 12.1 Å². The summed E-state index contributed by atoms with van der Waals surface area (Å²) in [5, 5.41) is 20.9. The number of carboxylic acid groups (broad SMARTS) is 1. The number of aliphatic hydroxyl groups is 1. The molecule has 0 saturated heterocycles. The summed E-state index contributed by atoms with van der Waals surface area (Å²) < 4.78 is 26.4. The Bertz CT molecular complexity index is 625. The van der Waals surface area contributed by atoms with Crippen molar-refractivity contribution in [2.45, 2.75) is 30.2 Å². The van der Waals surface area contributed by atoms with Crippen LogP contribution in [0.4, 0.5) is 5.69 Å². The van der Waals surface area contributed by atoms with Crippen LogP contribution in [0, 0.1) is 0 Å². The lowest BCUT2D eigenvalue weighted by atomic mass is 10.2. The summed E-state index contributed by atoms with van der Waals surface area (Å²) >= 11 is 0. The number of nitrogens with one attached hydrogen (secondary N) is 2. The van der Waals surface area contributed by atoms with E-state index in [1.165, 1.54) is 12.1 Å². The van der Waals surface area contributed by atoms with E-state index in [4.69, 9.17) is 5.11 Å². The molecule has 2 rings (SSSR count). The maximum atomic E-state index is 12.0. The summed E-state index contributed by atoms with van der Waals surface area (Å²) in [4.78, 5) is 11.2. The smallest absolute Gasteiger partial charge is 0.337 e. The number of aromatic carboxylic acids is 1. The van der Waals surface area contributed by atoms with Crippen LogP contribution in [0.3, 0.4) is 0 Å². The third-order valence-electron chi connectivity index (χ3n) is 3.10. The average Bonchev–Trinajstić information content (AvgIpc) is 3.23. The molecule has 0 unspecified atom stereocenters. The van der Waals surface area contributed by atoms with Gasteiger partial charge >= 0.3 is 5.97 Å². The van der Waals surface area contributed by atoms with Gasteiger partial charge in [-0.25, -0.2) is 17.9 Å². The van der Waals surface area contributed by atoms with Crippen LogP contribution in [0.1, 0.15) is 29.6 Å². The van der Waals surface area contributed by atoms with Gasteiger partial charge in [-0.1, -0.05) is 0 Å². The van der Waals surface area contributed by atoms with Gasteiger partial charge in [0.05, 0.1) is 10.5 Å². The molecule has 0 radical (unpaired) electrons. The van der Waals surface area contributed by atoms with Crippen molar-refractivity contribution in [3.63, 3.8) is 0 Å². The first-order valence-electron chi connectivity index (χ1n) is 6.68. The van der Waals surface area contributed by atoms with Crippen LogP contribution in [-0.2, 0) is 10.0 Å². The minimum atomic E-state index is -3.77. The number of benzene rings is 1. The third-order valence-corrected chi connectivity index (χ3v) is 4.55. The molecular formula is C13H18N2O5S. The van der Waals surface area contributed by atoms with Gasteiger partial charge < -0.3 is 15.5 Å². The predicted molar refractivity (Wildman–Crippen MR) is 76.9 cm³/mol. The normalized spacial score (nSPS) is 14.9. The van der Waals surface area contributed by atoms with Crippen molar-refractivity contribution < 1.29 is 23.4 Å². The van der Waals surface area contributed by atoms with Crippen molar-refractivity contribution in [2.24, 2.45) is 0 Å². The van der Waals surface area contributed by atoms with E-state index < -0.39 is 16.0 Å². The highest BCUT2D eigenvalue weighted by molar-refractivity contribution is 7.89. The topological polar surface area (TPSA) is 116 Å². The van der Waals surface area contributed by atoms with Crippen molar-refractivity contribution in [1.82, 2.24) is 4.72 Å². The van der Waals surface area contributed by atoms with Crippen molar-refractivity contribution in [3.05, 3.63) is 23.8 Å². The molecule has 4 N–H and O–H groups in total. The largest absolute Gasteiger partial charge is 0.478 e. The molecule has 21 heavy (non-hydrogen) atoms. The second kappa shape index (κ2) is 6.42. The molecule has 0 atom stereocenters. The molecule has 1 saturated carbocycles. The summed E-state index contributed by atoms with van der Waals surface area (Å²) in [6.07, 6.45) is 2.27. The maximum Gasteiger partial charge on any atom is 0.337 e. The van der Waals surface area contributed by atoms with Crippen molar-refractivity contribution in [2.75, 3.05) is 18.5 Å². The van der Waals surface area contributed by atoms with Gasteiger partial charge in [-0.3, -0.25) is 0 Å². The zero-order valence-corrected chi connectivity index (χ0v) is 12.2. The van der Waals surface area contributed by atoms with Crippen molar-refractivity contribution in [1.29, 1.82) is 0 Å². The van der Waals surface area contributed by atoms with E-state index in [9.17, 15) is 18.3 Å². The highest BCUT2D eigenvalue weighted by atomic mass is 32.2. The van der Waals surface area contributed by atoms with Crippen LogP contribution < -0.4 is 10.0 Å². The molecule has 0 bridgehead atoms. The molecule has 7 nitrogen and oxygen atoms in total. The van der Waals surface area contributed by atoms with Gasteiger partial charge in [0, 0.05) is 24.9 Å². The van der Waals surface area contributed by atoms with Gasteiger partial charge in [-0.15, -0.1) is 0 Å². The second-order valence-corrected chi connectivity index (χ2v) is 6.67. The van der Waals surface area contributed by atoms with E-state index in [2.05, 4.69) is 10.0 Å². The number of aliphatic hydroxyl groups excluding tert-OH is 1. The van der Waals surface area contributed by atoms with Gasteiger partial charge in [0.2, 0.25) is 10.0 Å². The SMILES string of the molecule is O=C(O)c1cc(S(=O)(=O)NCCCO)ccc1NC1CC1. The molecule has 116 valence electrons. The molecule has 8 heteroatoms. The molecule has 0 amide bonds. The number of carboxylic acids is 1. The lowest BCUT2D eigenvalue weighted by molar-refractivity contribution is 0.0697. The van der Waals surface area contributed by atoms with Crippen LogP contribution in [0.2, 0.25) is 0 Å². The van der Waals surface area contributed by atoms with Gasteiger partial charge in [0.1, 0.15) is 0 Å². The van der Waals surface area contributed by atoms with Crippen LogP contribution in [0.5, 0.6) is 0 Å². The van der Waals surface area contributed by atoms with Crippen molar-refractivity contribution >= 4 is 21.7 Å². The molecule has 1 aromatic carbocycles. The van der Waals surface area contributed by atoms with E-state index in [1.807, 2.05) is 0 Å². The lowest BCUT2D eigenvalue weighted by Crippen LogP contribution is -2.25. The van der Waals surface area contributed by atoms with Gasteiger partial charge in [-0.05, 0) is 37.5 Å². The highest BCUT2D eigenvalue weighted by Gasteiger charge is 2.24. The number of rotatable bonds is 8. The zero-order valence-electron chi connectivity index (χ0n) is 11.4. The first-order chi connectivity index (χ1) is 9.94. The zero-order chi connectivity index (χ0) is 15.5. The molecule has 0 heterocycles. The van der Waals surface area contributed by atoms with Crippen LogP contribution in [-0.4, -0.2) is 43.8 Å². The predicted octanol–water partition coefficient (Wildman–Crippen LogP) is 0.620. The number of hydrogen-bond donors (Lipinski definition) is 4. The minimum Gasteiger partial charge on any atom is -0.478 e. The van der Waals surface area contributed by atoms with Crippen LogP contribution in [0.15, 0.2) is 23.1 Å². The maximum absolute atomic E-state index is 12.0. The molecule has 1 aromatic rings. The summed E-state index contributed by atoms with van der Waals surface area (Å²) in [6, 6.07) is 4.27. The summed E-state index contributed by atoms with van der Waals surface area (Å²) in [7, 11) is -3.77.